The normalized spacial score (nSPS) is 12.5. The Balaban J connectivity index is 1.75. The molecule has 21 heavy (non-hydrogen) atoms. The van der Waals surface area contributed by atoms with Gasteiger partial charge in [0.1, 0.15) is 5.82 Å². The van der Waals surface area contributed by atoms with Crippen molar-refractivity contribution in [2.24, 2.45) is 7.05 Å². The number of fused-ring (bicyclic) bond motifs is 1. The maximum absolute atomic E-state index is 12.9. The predicted octanol–water partition coefficient (Wildman–Crippen LogP) is 3.76. The van der Waals surface area contributed by atoms with Crippen molar-refractivity contribution in [1.29, 1.82) is 0 Å². The molecule has 0 spiro atoms. The summed E-state index contributed by atoms with van der Waals surface area (Å²) in [5.41, 5.74) is 3.20. The molecule has 0 saturated heterocycles. The number of nitrogens with zero attached hydrogens (tertiary/aromatic N) is 2. The number of anilines is 1. The average molecular weight is 283 g/mol. The van der Waals surface area contributed by atoms with Crippen LogP contribution in [0.25, 0.3) is 11.0 Å². The fraction of sp³-hybridized carbons (Fsp3) is 0.235. The highest BCUT2D eigenvalue weighted by atomic mass is 19.1. The van der Waals surface area contributed by atoms with Gasteiger partial charge in [-0.3, -0.25) is 0 Å². The van der Waals surface area contributed by atoms with E-state index < -0.39 is 0 Å². The summed E-state index contributed by atoms with van der Waals surface area (Å²) in [7, 11) is 2.00. The molecule has 1 N–H and O–H groups in total. The van der Waals surface area contributed by atoms with Gasteiger partial charge in [-0.1, -0.05) is 24.3 Å². The lowest BCUT2D eigenvalue weighted by atomic mass is 10.1. The van der Waals surface area contributed by atoms with Gasteiger partial charge in [0.2, 0.25) is 5.95 Å². The van der Waals surface area contributed by atoms with E-state index in [1.54, 1.807) is 0 Å². The monoisotopic (exact) mass is 283 g/mol. The molecule has 1 unspecified atom stereocenters. The molecule has 4 heteroatoms. The number of halogens is 1. The Hall–Kier alpha value is -2.36. The topological polar surface area (TPSA) is 29.9 Å². The van der Waals surface area contributed by atoms with Crippen LogP contribution in [-0.4, -0.2) is 15.6 Å². The van der Waals surface area contributed by atoms with Crippen LogP contribution in [0, 0.1) is 5.82 Å². The third-order valence-corrected chi connectivity index (χ3v) is 3.62. The molecule has 0 amide bonds. The summed E-state index contributed by atoms with van der Waals surface area (Å²) in [6, 6.07) is 14.9. The van der Waals surface area contributed by atoms with Crippen molar-refractivity contribution < 1.29 is 4.39 Å². The van der Waals surface area contributed by atoms with Gasteiger partial charge in [-0.15, -0.1) is 0 Å². The van der Waals surface area contributed by atoms with Gasteiger partial charge >= 0.3 is 0 Å². The van der Waals surface area contributed by atoms with Crippen LogP contribution in [0.2, 0.25) is 0 Å². The standard InChI is InChI=1S/C17H18FN3/c1-12(11-13-7-9-14(18)10-8-13)19-17-20-15-5-3-4-6-16(15)21(17)2/h3-10,12H,11H2,1-2H3,(H,19,20). The molecular formula is C17H18FN3. The Bertz CT molecular complexity index is 746. The summed E-state index contributed by atoms with van der Waals surface area (Å²) in [4.78, 5) is 4.60. The van der Waals surface area contributed by atoms with Crippen molar-refractivity contribution in [3.8, 4) is 0 Å². The van der Waals surface area contributed by atoms with Gasteiger partial charge in [0.25, 0.3) is 0 Å². The molecule has 0 saturated carbocycles. The first-order valence-electron chi connectivity index (χ1n) is 7.06. The first-order valence-corrected chi connectivity index (χ1v) is 7.06. The van der Waals surface area contributed by atoms with Gasteiger partial charge in [0, 0.05) is 13.1 Å². The van der Waals surface area contributed by atoms with E-state index in [1.807, 2.05) is 37.4 Å². The minimum atomic E-state index is -0.199. The summed E-state index contributed by atoms with van der Waals surface area (Å²) in [6.45, 7) is 2.10. The molecule has 0 fully saturated rings. The van der Waals surface area contributed by atoms with Crippen LogP contribution in [0.3, 0.4) is 0 Å². The number of aromatic nitrogens is 2. The lowest BCUT2D eigenvalue weighted by molar-refractivity contribution is 0.626. The highest BCUT2D eigenvalue weighted by Crippen LogP contribution is 2.18. The number of rotatable bonds is 4. The number of imidazole rings is 1. The SMILES string of the molecule is CC(Cc1ccc(F)cc1)Nc1nc2ccccc2n1C. The number of aryl methyl sites for hydroxylation is 1. The Labute approximate surface area is 123 Å². The third kappa shape index (κ3) is 2.89. The fourth-order valence-electron chi connectivity index (χ4n) is 2.52. The molecule has 3 rings (SSSR count). The van der Waals surface area contributed by atoms with Crippen molar-refractivity contribution in [2.75, 3.05) is 5.32 Å². The number of nitrogens with one attached hydrogen (secondary N) is 1. The molecule has 1 atom stereocenters. The lowest BCUT2D eigenvalue weighted by Gasteiger charge is -2.14. The average Bonchev–Trinajstić information content (AvgIpc) is 2.78. The molecule has 3 aromatic rings. The van der Waals surface area contributed by atoms with E-state index in [-0.39, 0.29) is 11.9 Å². The van der Waals surface area contributed by atoms with Crippen LogP contribution >= 0.6 is 0 Å². The zero-order valence-corrected chi connectivity index (χ0v) is 12.2. The van der Waals surface area contributed by atoms with E-state index in [9.17, 15) is 4.39 Å². The Morgan fingerprint density at radius 1 is 1.14 bits per heavy atom. The highest BCUT2D eigenvalue weighted by Gasteiger charge is 2.10. The lowest BCUT2D eigenvalue weighted by Crippen LogP contribution is -2.20. The summed E-state index contributed by atoms with van der Waals surface area (Å²) < 4.78 is 15.0. The first kappa shape index (κ1) is 13.6. The first-order chi connectivity index (χ1) is 10.1. The summed E-state index contributed by atoms with van der Waals surface area (Å²) >= 11 is 0. The second-order valence-electron chi connectivity index (χ2n) is 5.36. The maximum atomic E-state index is 12.9. The Morgan fingerprint density at radius 3 is 2.57 bits per heavy atom. The smallest absolute Gasteiger partial charge is 0.203 e. The van der Waals surface area contributed by atoms with Crippen LogP contribution in [-0.2, 0) is 13.5 Å². The number of para-hydroxylation sites is 2. The number of hydrogen-bond acceptors (Lipinski definition) is 2. The van der Waals surface area contributed by atoms with Crippen molar-refractivity contribution in [3.63, 3.8) is 0 Å². The molecule has 1 aromatic heterocycles. The fourth-order valence-corrected chi connectivity index (χ4v) is 2.52. The molecular weight excluding hydrogens is 265 g/mol. The van der Waals surface area contributed by atoms with Crippen molar-refractivity contribution >= 4 is 17.0 Å². The van der Waals surface area contributed by atoms with Gasteiger partial charge in [0.05, 0.1) is 11.0 Å². The van der Waals surface area contributed by atoms with E-state index >= 15 is 0 Å². The summed E-state index contributed by atoms with van der Waals surface area (Å²) in [6.07, 6.45) is 0.823. The minimum absolute atomic E-state index is 0.199. The second kappa shape index (κ2) is 5.56. The van der Waals surface area contributed by atoms with Gasteiger partial charge in [-0.2, -0.15) is 0 Å². The molecule has 0 radical (unpaired) electrons. The van der Waals surface area contributed by atoms with Gasteiger partial charge < -0.3 is 9.88 Å². The third-order valence-electron chi connectivity index (χ3n) is 3.62. The minimum Gasteiger partial charge on any atom is -0.353 e. The Kier molecular flexibility index (Phi) is 3.60. The molecule has 0 aliphatic carbocycles. The van der Waals surface area contributed by atoms with Crippen molar-refractivity contribution in [3.05, 3.63) is 59.9 Å². The summed E-state index contributed by atoms with van der Waals surface area (Å²) in [5.74, 6) is 0.653. The maximum Gasteiger partial charge on any atom is 0.203 e. The van der Waals surface area contributed by atoms with E-state index in [0.29, 0.717) is 0 Å². The highest BCUT2D eigenvalue weighted by molar-refractivity contribution is 5.78. The van der Waals surface area contributed by atoms with Crippen LogP contribution in [0.5, 0.6) is 0 Å². The van der Waals surface area contributed by atoms with Crippen molar-refractivity contribution in [2.45, 2.75) is 19.4 Å². The predicted molar refractivity (Wildman–Crippen MR) is 83.9 cm³/mol. The van der Waals surface area contributed by atoms with Gasteiger partial charge in [-0.25, -0.2) is 9.37 Å². The van der Waals surface area contributed by atoms with E-state index in [0.717, 1.165) is 29.0 Å². The zero-order chi connectivity index (χ0) is 14.8. The largest absolute Gasteiger partial charge is 0.353 e. The molecule has 108 valence electrons. The quantitative estimate of drug-likeness (QED) is 0.790. The van der Waals surface area contributed by atoms with Crippen LogP contribution in [0.1, 0.15) is 12.5 Å². The van der Waals surface area contributed by atoms with Gasteiger partial charge in [-0.05, 0) is 43.2 Å². The summed E-state index contributed by atoms with van der Waals surface area (Å²) in [5, 5.41) is 3.42. The molecule has 0 aliphatic rings. The second-order valence-corrected chi connectivity index (χ2v) is 5.36. The molecule has 3 nitrogen and oxygen atoms in total. The molecule has 0 bridgehead atoms. The molecule has 1 heterocycles. The van der Waals surface area contributed by atoms with E-state index in [2.05, 4.69) is 27.9 Å². The number of hydrogen-bond donors (Lipinski definition) is 1. The Morgan fingerprint density at radius 2 is 1.86 bits per heavy atom. The van der Waals surface area contributed by atoms with Crippen LogP contribution in [0.4, 0.5) is 10.3 Å². The van der Waals surface area contributed by atoms with E-state index in [4.69, 9.17) is 0 Å². The van der Waals surface area contributed by atoms with Gasteiger partial charge in [0.15, 0.2) is 0 Å². The van der Waals surface area contributed by atoms with Crippen LogP contribution < -0.4 is 5.32 Å². The van der Waals surface area contributed by atoms with Crippen molar-refractivity contribution in [1.82, 2.24) is 9.55 Å². The zero-order valence-electron chi connectivity index (χ0n) is 12.2. The molecule has 2 aromatic carbocycles. The van der Waals surface area contributed by atoms with Crippen LogP contribution in [0.15, 0.2) is 48.5 Å². The molecule has 0 aliphatic heterocycles. The van der Waals surface area contributed by atoms with E-state index in [1.165, 1.54) is 12.1 Å². The number of benzene rings is 2.